The molecule has 8 aromatic rings. The molecule has 0 unspecified atom stereocenters. The number of hydrogen-bond donors (Lipinski definition) is 0. The minimum absolute atomic E-state index is 0.933. The summed E-state index contributed by atoms with van der Waals surface area (Å²) in [6, 6.07) is 50.1. The average Bonchev–Trinajstić information content (AvgIpc) is 3.07. The first-order valence-electron chi connectivity index (χ1n) is 14.2. The van der Waals surface area contributed by atoms with Crippen LogP contribution in [0.5, 0.6) is 0 Å². The molecule has 2 heterocycles. The van der Waals surface area contributed by atoms with Gasteiger partial charge in [0.25, 0.3) is 0 Å². The van der Waals surface area contributed by atoms with Gasteiger partial charge in [-0.2, -0.15) is 0 Å². The van der Waals surface area contributed by atoms with E-state index >= 15 is 0 Å². The molecule has 8 rings (SSSR count). The summed E-state index contributed by atoms with van der Waals surface area (Å²) in [6.45, 7) is 0. The highest BCUT2D eigenvalue weighted by atomic mass is 14.7. The summed E-state index contributed by atoms with van der Waals surface area (Å²) < 4.78 is 0. The van der Waals surface area contributed by atoms with Gasteiger partial charge in [-0.25, -0.2) is 0 Å². The van der Waals surface area contributed by atoms with Crippen molar-refractivity contribution in [3.8, 4) is 44.6 Å². The van der Waals surface area contributed by atoms with E-state index < -0.39 is 0 Å². The molecule has 0 bridgehead atoms. The number of hydrogen-bond acceptors (Lipinski definition) is 2. The van der Waals surface area contributed by atoms with Crippen molar-refractivity contribution in [2.45, 2.75) is 0 Å². The first-order valence-corrected chi connectivity index (χ1v) is 14.2. The minimum Gasteiger partial charge on any atom is -0.265 e. The molecule has 0 saturated heterocycles. The summed E-state index contributed by atoms with van der Waals surface area (Å²) in [4.78, 5) is 8.94. The van der Waals surface area contributed by atoms with Gasteiger partial charge in [-0.3, -0.25) is 9.97 Å². The van der Waals surface area contributed by atoms with Crippen LogP contribution in [-0.2, 0) is 0 Å². The first kappa shape index (κ1) is 24.2. The van der Waals surface area contributed by atoms with Crippen LogP contribution in [0.3, 0.4) is 0 Å². The van der Waals surface area contributed by atoms with Gasteiger partial charge in [0.05, 0.1) is 5.69 Å². The van der Waals surface area contributed by atoms with Gasteiger partial charge in [0, 0.05) is 24.2 Å². The van der Waals surface area contributed by atoms with Crippen molar-refractivity contribution in [2.24, 2.45) is 0 Å². The van der Waals surface area contributed by atoms with E-state index in [0.29, 0.717) is 0 Å². The molecule has 2 heteroatoms. The predicted molar refractivity (Wildman–Crippen MR) is 176 cm³/mol. The summed E-state index contributed by atoms with van der Waals surface area (Å²) in [7, 11) is 0. The fourth-order valence-electron chi connectivity index (χ4n) is 6.39. The maximum Gasteiger partial charge on any atom is 0.0709 e. The molecule has 6 aromatic carbocycles. The average molecular weight is 535 g/mol. The zero-order valence-electron chi connectivity index (χ0n) is 22.9. The predicted octanol–water partition coefficient (Wildman–Crippen LogP) is 10.6. The molecule has 0 amide bonds. The number of pyridine rings is 2. The van der Waals surface area contributed by atoms with Crippen LogP contribution in [0.25, 0.3) is 77.0 Å². The number of fused-ring (bicyclic) bond motifs is 3. The van der Waals surface area contributed by atoms with Gasteiger partial charge in [-0.15, -0.1) is 0 Å². The molecule has 2 aromatic heterocycles. The second-order valence-electron chi connectivity index (χ2n) is 10.6. The lowest BCUT2D eigenvalue weighted by Crippen LogP contribution is -1.94. The van der Waals surface area contributed by atoms with Crippen LogP contribution >= 0.6 is 0 Å². The third-order valence-electron chi connectivity index (χ3n) is 8.22. The largest absolute Gasteiger partial charge is 0.265 e. The molecule has 42 heavy (non-hydrogen) atoms. The zero-order valence-corrected chi connectivity index (χ0v) is 22.9. The summed E-state index contributed by atoms with van der Waals surface area (Å²) in [5.41, 5.74) is 9.32. The summed E-state index contributed by atoms with van der Waals surface area (Å²) in [5, 5.41) is 7.44. The van der Waals surface area contributed by atoms with Gasteiger partial charge in [-0.05, 0) is 90.0 Å². The van der Waals surface area contributed by atoms with Crippen molar-refractivity contribution in [3.05, 3.63) is 158 Å². The smallest absolute Gasteiger partial charge is 0.0709 e. The molecule has 0 radical (unpaired) electrons. The van der Waals surface area contributed by atoms with E-state index in [1.807, 2.05) is 30.7 Å². The van der Waals surface area contributed by atoms with Crippen molar-refractivity contribution >= 4 is 32.3 Å². The van der Waals surface area contributed by atoms with Crippen LogP contribution in [0.15, 0.2) is 158 Å². The zero-order chi connectivity index (χ0) is 27.9. The molecule has 0 saturated carbocycles. The van der Waals surface area contributed by atoms with E-state index in [2.05, 4.69) is 132 Å². The summed E-state index contributed by atoms with van der Waals surface area (Å²) >= 11 is 0. The van der Waals surface area contributed by atoms with Crippen molar-refractivity contribution in [3.63, 3.8) is 0 Å². The highest BCUT2D eigenvalue weighted by Gasteiger charge is 2.20. The molecular formula is C40H26N2. The lowest BCUT2D eigenvalue weighted by Gasteiger charge is -2.21. The molecular weight excluding hydrogens is 508 g/mol. The van der Waals surface area contributed by atoms with Crippen LogP contribution in [0, 0.1) is 0 Å². The van der Waals surface area contributed by atoms with Gasteiger partial charge in [0.1, 0.15) is 0 Å². The van der Waals surface area contributed by atoms with Gasteiger partial charge in [-0.1, -0.05) is 115 Å². The SMILES string of the molecule is c1ccc(-c2c3ccccc3c(-c3ccc4ccccc4c3-c3ccnc(-c4ccncc4)c3)c3ccccc23)cc1. The maximum atomic E-state index is 4.73. The number of benzene rings is 6. The Morgan fingerprint density at radius 2 is 0.929 bits per heavy atom. The highest BCUT2D eigenvalue weighted by molar-refractivity contribution is 6.23. The second-order valence-corrected chi connectivity index (χ2v) is 10.6. The van der Waals surface area contributed by atoms with Crippen molar-refractivity contribution in [2.75, 3.05) is 0 Å². The van der Waals surface area contributed by atoms with Crippen molar-refractivity contribution in [1.29, 1.82) is 0 Å². The summed E-state index contributed by atoms with van der Waals surface area (Å²) in [5.74, 6) is 0. The first-order chi connectivity index (χ1) is 20.9. The minimum atomic E-state index is 0.933. The number of aromatic nitrogens is 2. The van der Waals surface area contributed by atoms with Crippen LogP contribution in [0.2, 0.25) is 0 Å². The molecule has 0 fully saturated rings. The fourth-order valence-corrected chi connectivity index (χ4v) is 6.39. The van der Waals surface area contributed by atoms with Crippen LogP contribution in [0.4, 0.5) is 0 Å². The van der Waals surface area contributed by atoms with E-state index in [0.717, 1.165) is 16.8 Å². The molecule has 2 nitrogen and oxygen atoms in total. The van der Waals surface area contributed by atoms with Gasteiger partial charge >= 0.3 is 0 Å². The van der Waals surface area contributed by atoms with E-state index in [-0.39, 0.29) is 0 Å². The Hall–Kier alpha value is -5.60. The van der Waals surface area contributed by atoms with Crippen molar-refractivity contribution in [1.82, 2.24) is 9.97 Å². The monoisotopic (exact) mass is 534 g/mol. The quantitative estimate of drug-likeness (QED) is 0.210. The number of rotatable bonds is 4. The Balaban J connectivity index is 1.50. The highest BCUT2D eigenvalue weighted by Crippen LogP contribution is 2.47. The number of nitrogens with zero attached hydrogens (tertiary/aromatic N) is 2. The normalized spacial score (nSPS) is 11.3. The van der Waals surface area contributed by atoms with Gasteiger partial charge in [0.15, 0.2) is 0 Å². The Morgan fingerprint density at radius 1 is 0.357 bits per heavy atom. The summed E-state index contributed by atoms with van der Waals surface area (Å²) in [6.07, 6.45) is 5.56. The Morgan fingerprint density at radius 3 is 1.62 bits per heavy atom. The lowest BCUT2D eigenvalue weighted by molar-refractivity contribution is 1.29. The van der Waals surface area contributed by atoms with E-state index in [4.69, 9.17) is 4.98 Å². The Kier molecular flexibility index (Phi) is 5.82. The van der Waals surface area contributed by atoms with Crippen molar-refractivity contribution < 1.29 is 0 Å². The molecule has 0 N–H and O–H groups in total. The van der Waals surface area contributed by atoms with E-state index in [1.54, 1.807) is 0 Å². The fraction of sp³-hybridized carbons (Fsp3) is 0. The molecule has 0 aliphatic carbocycles. The molecule has 0 atom stereocenters. The molecule has 0 aliphatic rings. The van der Waals surface area contributed by atoms with Gasteiger partial charge in [0.2, 0.25) is 0 Å². The van der Waals surface area contributed by atoms with Gasteiger partial charge < -0.3 is 0 Å². The van der Waals surface area contributed by atoms with Crippen LogP contribution in [0.1, 0.15) is 0 Å². The topological polar surface area (TPSA) is 25.8 Å². The molecule has 0 spiro atoms. The van der Waals surface area contributed by atoms with E-state index in [1.165, 1.54) is 60.1 Å². The third kappa shape index (κ3) is 3.96. The molecule has 196 valence electrons. The van der Waals surface area contributed by atoms with Crippen LogP contribution in [-0.4, -0.2) is 9.97 Å². The Labute approximate surface area is 244 Å². The second kappa shape index (κ2) is 10.1. The third-order valence-corrected chi connectivity index (χ3v) is 8.22. The maximum absolute atomic E-state index is 4.73. The molecule has 0 aliphatic heterocycles. The van der Waals surface area contributed by atoms with Crippen LogP contribution < -0.4 is 0 Å². The standard InChI is InChI=1S/C40H26N2/c1-2-11-29(12-3-1)38-32-14-6-8-16-34(32)40(35-17-9-7-15-33(35)38)36-19-18-27-10-4-5-13-31(27)39(36)30-22-25-42-37(26-30)28-20-23-41-24-21-28/h1-26H. The Bertz CT molecular complexity index is 2180. The lowest BCUT2D eigenvalue weighted by atomic mass is 9.82. The van der Waals surface area contributed by atoms with E-state index in [9.17, 15) is 0 Å².